The molecule has 20 heavy (non-hydrogen) atoms. The third kappa shape index (κ3) is 3.61. The molecule has 0 aliphatic rings. The molecule has 0 aliphatic heterocycles. The van der Waals surface area contributed by atoms with Gasteiger partial charge < -0.3 is 19.7 Å². The normalized spacial score (nSPS) is 10.5. The topological polar surface area (TPSA) is 65.7 Å². The Bertz CT molecular complexity index is 573. The van der Waals surface area contributed by atoms with Crippen molar-refractivity contribution in [3.05, 3.63) is 53.5 Å². The summed E-state index contributed by atoms with van der Waals surface area (Å²) < 4.78 is 5.16. The monoisotopic (exact) mass is 274 g/mol. The standard InChI is InChI=1S/C15H18N2O3/c1-17(2)12-5-3-11(4-6-12)9-16-10-13-7-8-14(20-13)15(18)19/h3-8,16H,9-10H2,1-2H3,(H,18,19). The van der Waals surface area contributed by atoms with Crippen molar-refractivity contribution in [2.45, 2.75) is 13.1 Å². The molecule has 1 heterocycles. The summed E-state index contributed by atoms with van der Waals surface area (Å²) in [5.74, 6) is -0.458. The first-order valence-corrected chi connectivity index (χ1v) is 6.35. The van der Waals surface area contributed by atoms with E-state index < -0.39 is 5.97 Å². The summed E-state index contributed by atoms with van der Waals surface area (Å²) in [6.45, 7) is 1.21. The van der Waals surface area contributed by atoms with Crippen LogP contribution in [0.3, 0.4) is 0 Å². The molecule has 0 atom stereocenters. The van der Waals surface area contributed by atoms with Gasteiger partial charge in [-0.15, -0.1) is 0 Å². The van der Waals surface area contributed by atoms with Crippen molar-refractivity contribution in [1.82, 2.24) is 5.32 Å². The number of hydrogen-bond donors (Lipinski definition) is 2. The average molecular weight is 274 g/mol. The number of carboxylic acid groups (broad SMARTS) is 1. The molecule has 1 aromatic heterocycles. The Morgan fingerprint density at radius 1 is 1.15 bits per heavy atom. The van der Waals surface area contributed by atoms with Crippen molar-refractivity contribution in [3.8, 4) is 0 Å². The molecule has 0 saturated heterocycles. The summed E-state index contributed by atoms with van der Waals surface area (Å²) in [7, 11) is 4.01. The third-order valence-corrected chi connectivity index (χ3v) is 2.95. The van der Waals surface area contributed by atoms with Gasteiger partial charge in [-0.1, -0.05) is 12.1 Å². The van der Waals surface area contributed by atoms with Gasteiger partial charge in [-0.05, 0) is 29.8 Å². The van der Waals surface area contributed by atoms with E-state index in [9.17, 15) is 4.79 Å². The number of benzene rings is 1. The molecule has 2 rings (SSSR count). The number of hydrogen-bond acceptors (Lipinski definition) is 4. The minimum atomic E-state index is -1.05. The zero-order chi connectivity index (χ0) is 14.5. The molecule has 0 amide bonds. The number of nitrogens with one attached hydrogen (secondary N) is 1. The lowest BCUT2D eigenvalue weighted by molar-refractivity contribution is 0.0660. The second-order valence-electron chi connectivity index (χ2n) is 4.74. The molecule has 0 spiro atoms. The summed E-state index contributed by atoms with van der Waals surface area (Å²) in [6, 6.07) is 11.4. The Balaban J connectivity index is 1.84. The van der Waals surface area contributed by atoms with Crippen LogP contribution >= 0.6 is 0 Å². The molecule has 106 valence electrons. The van der Waals surface area contributed by atoms with E-state index >= 15 is 0 Å². The van der Waals surface area contributed by atoms with Crippen LogP contribution in [0.1, 0.15) is 21.9 Å². The van der Waals surface area contributed by atoms with E-state index in [0.29, 0.717) is 18.8 Å². The SMILES string of the molecule is CN(C)c1ccc(CNCc2ccc(C(=O)O)o2)cc1. The molecule has 2 aromatic rings. The predicted octanol–water partition coefficient (Wildman–Crippen LogP) is 2.33. The molecule has 0 saturated carbocycles. The van der Waals surface area contributed by atoms with Gasteiger partial charge in [-0.25, -0.2) is 4.79 Å². The van der Waals surface area contributed by atoms with E-state index in [4.69, 9.17) is 9.52 Å². The number of carbonyl (C=O) groups is 1. The van der Waals surface area contributed by atoms with Crippen LogP contribution in [-0.4, -0.2) is 25.2 Å². The van der Waals surface area contributed by atoms with Crippen LogP contribution < -0.4 is 10.2 Å². The molecule has 0 radical (unpaired) electrons. The first kappa shape index (κ1) is 14.1. The zero-order valence-corrected chi connectivity index (χ0v) is 11.6. The maximum absolute atomic E-state index is 10.7. The fourth-order valence-corrected chi connectivity index (χ4v) is 1.83. The van der Waals surface area contributed by atoms with Gasteiger partial charge in [0.15, 0.2) is 0 Å². The van der Waals surface area contributed by atoms with Crippen LogP contribution in [0, 0.1) is 0 Å². The number of furan rings is 1. The highest BCUT2D eigenvalue weighted by Crippen LogP contribution is 2.12. The van der Waals surface area contributed by atoms with Crippen molar-refractivity contribution in [3.63, 3.8) is 0 Å². The van der Waals surface area contributed by atoms with Gasteiger partial charge in [0.05, 0.1) is 6.54 Å². The van der Waals surface area contributed by atoms with E-state index in [-0.39, 0.29) is 5.76 Å². The highest BCUT2D eigenvalue weighted by atomic mass is 16.4. The molecular weight excluding hydrogens is 256 g/mol. The maximum Gasteiger partial charge on any atom is 0.371 e. The van der Waals surface area contributed by atoms with Gasteiger partial charge in [-0.3, -0.25) is 0 Å². The minimum Gasteiger partial charge on any atom is -0.475 e. The second-order valence-corrected chi connectivity index (χ2v) is 4.74. The van der Waals surface area contributed by atoms with Gasteiger partial charge in [-0.2, -0.15) is 0 Å². The Labute approximate surface area is 117 Å². The molecule has 0 fully saturated rings. The van der Waals surface area contributed by atoms with Crippen LogP contribution in [0.5, 0.6) is 0 Å². The molecule has 2 N–H and O–H groups in total. The summed E-state index contributed by atoms with van der Waals surface area (Å²) in [5, 5.41) is 12.0. The first-order valence-electron chi connectivity index (χ1n) is 6.35. The van der Waals surface area contributed by atoms with Crippen molar-refractivity contribution in [2.24, 2.45) is 0 Å². The van der Waals surface area contributed by atoms with Crippen molar-refractivity contribution >= 4 is 11.7 Å². The molecule has 0 aliphatic carbocycles. The zero-order valence-electron chi connectivity index (χ0n) is 11.6. The lowest BCUT2D eigenvalue weighted by Crippen LogP contribution is -2.13. The van der Waals surface area contributed by atoms with E-state index in [1.54, 1.807) is 6.07 Å². The van der Waals surface area contributed by atoms with Crippen molar-refractivity contribution < 1.29 is 14.3 Å². The highest BCUT2D eigenvalue weighted by molar-refractivity contribution is 5.84. The van der Waals surface area contributed by atoms with Crippen LogP contribution in [-0.2, 0) is 13.1 Å². The fraction of sp³-hybridized carbons (Fsp3) is 0.267. The van der Waals surface area contributed by atoms with Gasteiger partial charge in [0.25, 0.3) is 0 Å². The third-order valence-electron chi connectivity index (χ3n) is 2.95. The second kappa shape index (κ2) is 6.25. The number of nitrogens with zero attached hydrogens (tertiary/aromatic N) is 1. The minimum absolute atomic E-state index is 0.0304. The highest BCUT2D eigenvalue weighted by Gasteiger charge is 2.08. The van der Waals surface area contributed by atoms with Gasteiger partial charge in [0.2, 0.25) is 5.76 Å². The first-order chi connectivity index (χ1) is 9.56. The van der Waals surface area contributed by atoms with Crippen LogP contribution in [0.2, 0.25) is 0 Å². The Morgan fingerprint density at radius 2 is 1.85 bits per heavy atom. The number of rotatable bonds is 6. The van der Waals surface area contributed by atoms with Crippen LogP contribution in [0.15, 0.2) is 40.8 Å². The van der Waals surface area contributed by atoms with Gasteiger partial charge >= 0.3 is 5.97 Å². The maximum atomic E-state index is 10.7. The Hall–Kier alpha value is -2.27. The fourth-order valence-electron chi connectivity index (χ4n) is 1.83. The summed E-state index contributed by atoms with van der Waals surface area (Å²) in [6.07, 6.45) is 0. The summed E-state index contributed by atoms with van der Waals surface area (Å²) in [5.41, 5.74) is 2.33. The molecule has 0 unspecified atom stereocenters. The quantitative estimate of drug-likeness (QED) is 0.846. The molecular formula is C15H18N2O3. The van der Waals surface area contributed by atoms with Crippen LogP contribution in [0.4, 0.5) is 5.69 Å². The smallest absolute Gasteiger partial charge is 0.371 e. The molecule has 1 aromatic carbocycles. The number of anilines is 1. The summed E-state index contributed by atoms with van der Waals surface area (Å²) >= 11 is 0. The predicted molar refractivity (Wildman–Crippen MR) is 77.0 cm³/mol. The lowest BCUT2D eigenvalue weighted by atomic mass is 10.2. The van der Waals surface area contributed by atoms with Crippen molar-refractivity contribution in [1.29, 1.82) is 0 Å². The largest absolute Gasteiger partial charge is 0.475 e. The Morgan fingerprint density at radius 3 is 2.40 bits per heavy atom. The Kier molecular flexibility index (Phi) is 4.42. The van der Waals surface area contributed by atoms with Gasteiger partial charge in [0, 0.05) is 26.3 Å². The van der Waals surface area contributed by atoms with Crippen LogP contribution in [0.25, 0.3) is 0 Å². The number of carboxylic acids is 1. The van der Waals surface area contributed by atoms with E-state index in [1.165, 1.54) is 11.6 Å². The van der Waals surface area contributed by atoms with E-state index in [0.717, 1.165) is 5.69 Å². The molecule has 0 bridgehead atoms. The lowest BCUT2D eigenvalue weighted by Gasteiger charge is -2.12. The van der Waals surface area contributed by atoms with E-state index in [2.05, 4.69) is 29.6 Å². The summed E-state index contributed by atoms with van der Waals surface area (Å²) in [4.78, 5) is 12.7. The van der Waals surface area contributed by atoms with Gasteiger partial charge in [0.1, 0.15) is 5.76 Å². The van der Waals surface area contributed by atoms with E-state index in [1.807, 2.05) is 19.0 Å². The average Bonchev–Trinajstić information content (AvgIpc) is 2.88. The molecule has 5 nitrogen and oxygen atoms in total. The van der Waals surface area contributed by atoms with Crippen molar-refractivity contribution in [2.75, 3.05) is 19.0 Å². The number of aromatic carboxylic acids is 1. The molecule has 5 heteroatoms.